The summed E-state index contributed by atoms with van der Waals surface area (Å²) in [4.78, 5) is 30.8. The Morgan fingerprint density at radius 2 is 1.78 bits per heavy atom. The average molecular weight is 552 g/mol. The molecule has 0 radical (unpaired) electrons. The lowest BCUT2D eigenvalue weighted by atomic mass is 10.2. The first-order chi connectivity index (χ1) is 17.3. The third-order valence-electron chi connectivity index (χ3n) is 5.50. The molecular formula is C26H28Cl2FN3O3S. The lowest BCUT2D eigenvalue weighted by molar-refractivity contribution is -0.133. The van der Waals surface area contributed by atoms with Crippen LogP contribution in [0.3, 0.4) is 0 Å². The molecule has 0 unspecified atom stereocenters. The van der Waals surface area contributed by atoms with Crippen molar-refractivity contribution in [3.63, 3.8) is 0 Å². The number of urea groups is 1. The normalized spacial score (nSPS) is 10.8. The van der Waals surface area contributed by atoms with Crippen LogP contribution in [0.15, 0.2) is 53.9 Å². The molecule has 0 spiro atoms. The van der Waals surface area contributed by atoms with Gasteiger partial charge in [-0.1, -0.05) is 35.3 Å². The highest BCUT2D eigenvalue weighted by molar-refractivity contribution is 7.10. The first kappa shape index (κ1) is 27.9. The van der Waals surface area contributed by atoms with E-state index in [2.05, 4.69) is 5.32 Å². The average Bonchev–Trinajstić information content (AvgIpc) is 3.26. The molecule has 2 aromatic carbocycles. The van der Waals surface area contributed by atoms with E-state index in [1.165, 1.54) is 17.0 Å². The first-order valence-corrected chi connectivity index (χ1v) is 13.0. The van der Waals surface area contributed by atoms with E-state index in [9.17, 15) is 14.0 Å². The third-order valence-corrected chi connectivity index (χ3v) is 7.25. The van der Waals surface area contributed by atoms with Crippen LogP contribution in [0.2, 0.25) is 10.0 Å². The zero-order chi connectivity index (χ0) is 26.1. The molecule has 0 aliphatic heterocycles. The van der Waals surface area contributed by atoms with Crippen molar-refractivity contribution in [3.8, 4) is 0 Å². The Labute approximate surface area is 224 Å². The summed E-state index contributed by atoms with van der Waals surface area (Å²) < 4.78 is 18.5. The Morgan fingerprint density at radius 1 is 1.03 bits per heavy atom. The molecule has 0 bridgehead atoms. The molecule has 0 fully saturated rings. The van der Waals surface area contributed by atoms with E-state index in [-0.39, 0.29) is 24.8 Å². The number of amides is 3. The number of carbonyl (C=O) groups is 2. The first-order valence-electron chi connectivity index (χ1n) is 11.3. The fraction of sp³-hybridized carbons (Fsp3) is 0.308. The number of nitrogens with zero attached hydrogens (tertiary/aromatic N) is 2. The maximum atomic E-state index is 13.5. The van der Waals surface area contributed by atoms with Crippen LogP contribution in [0.1, 0.15) is 22.4 Å². The minimum absolute atomic E-state index is 0.136. The van der Waals surface area contributed by atoms with Crippen LogP contribution in [0.25, 0.3) is 0 Å². The van der Waals surface area contributed by atoms with E-state index in [1.54, 1.807) is 53.7 Å². The van der Waals surface area contributed by atoms with Crippen molar-refractivity contribution in [1.29, 1.82) is 0 Å². The van der Waals surface area contributed by atoms with Gasteiger partial charge >= 0.3 is 6.03 Å². The molecule has 10 heteroatoms. The molecule has 0 atom stereocenters. The molecule has 3 aromatic rings. The number of carbonyl (C=O) groups excluding carboxylic acids is 2. The SMILES string of the molecule is COCCCN(CC(=O)N(Cc1ccc(F)cc1)Cc1sccc1C)C(=O)Nc1ccc(Cl)c(Cl)c1. The number of benzene rings is 2. The van der Waals surface area contributed by atoms with Gasteiger partial charge in [-0.25, -0.2) is 9.18 Å². The number of thiophene rings is 1. The predicted molar refractivity (Wildman–Crippen MR) is 143 cm³/mol. The number of aryl methyl sites for hydroxylation is 1. The van der Waals surface area contributed by atoms with Gasteiger partial charge in [-0.2, -0.15) is 0 Å². The number of methoxy groups -OCH3 is 1. The maximum Gasteiger partial charge on any atom is 0.322 e. The zero-order valence-electron chi connectivity index (χ0n) is 20.1. The van der Waals surface area contributed by atoms with Gasteiger partial charge in [-0.3, -0.25) is 4.79 Å². The maximum absolute atomic E-state index is 13.5. The van der Waals surface area contributed by atoms with Crippen molar-refractivity contribution in [3.05, 3.63) is 85.8 Å². The van der Waals surface area contributed by atoms with Gasteiger partial charge in [0.15, 0.2) is 0 Å². The van der Waals surface area contributed by atoms with E-state index in [1.807, 2.05) is 18.4 Å². The Bertz CT molecular complexity index is 1170. The highest BCUT2D eigenvalue weighted by Crippen LogP contribution is 2.25. The zero-order valence-corrected chi connectivity index (χ0v) is 22.4. The van der Waals surface area contributed by atoms with E-state index < -0.39 is 6.03 Å². The van der Waals surface area contributed by atoms with E-state index in [4.69, 9.17) is 27.9 Å². The fourth-order valence-electron chi connectivity index (χ4n) is 3.47. The Morgan fingerprint density at radius 3 is 2.42 bits per heavy atom. The standard InChI is InChI=1S/C26H28Cl2FN3O3S/c1-18-10-13-36-24(18)16-32(15-19-4-6-20(29)7-5-19)25(33)17-31(11-3-12-35-2)26(34)30-21-8-9-22(27)23(28)14-21/h4-10,13-14H,3,11-12,15-17H2,1-2H3,(H,30,34). The Kier molecular flexibility index (Phi) is 10.6. The van der Waals surface area contributed by atoms with Crippen molar-refractivity contribution in [2.45, 2.75) is 26.4 Å². The van der Waals surface area contributed by atoms with E-state index >= 15 is 0 Å². The van der Waals surface area contributed by atoms with Gasteiger partial charge < -0.3 is 19.9 Å². The van der Waals surface area contributed by atoms with Crippen molar-refractivity contribution < 1.29 is 18.7 Å². The largest absolute Gasteiger partial charge is 0.385 e. The molecule has 36 heavy (non-hydrogen) atoms. The van der Waals surface area contributed by atoms with Crippen LogP contribution in [0.5, 0.6) is 0 Å². The fourth-order valence-corrected chi connectivity index (χ4v) is 4.69. The summed E-state index contributed by atoms with van der Waals surface area (Å²) in [7, 11) is 1.58. The van der Waals surface area contributed by atoms with Crippen molar-refractivity contribution in [2.75, 3.05) is 32.1 Å². The molecule has 1 heterocycles. The predicted octanol–water partition coefficient (Wildman–Crippen LogP) is 6.60. The molecular weight excluding hydrogens is 524 g/mol. The summed E-state index contributed by atoms with van der Waals surface area (Å²) in [5, 5.41) is 5.45. The third kappa shape index (κ3) is 8.20. The molecule has 3 rings (SSSR count). The molecule has 0 aliphatic carbocycles. The number of anilines is 1. The van der Waals surface area contributed by atoms with Gasteiger partial charge in [-0.05, 0) is 66.2 Å². The van der Waals surface area contributed by atoms with Gasteiger partial charge in [-0.15, -0.1) is 11.3 Å². The van der Waals surface area contributed by atoms with Crippen LogP contribution >= 0.6 is 34.5 Å². The smallest absolute Gasteiger partial charge is 0.322 e. The summed E-state index contributed by atoms with van der Waals surface area (Å²) in [5.74, 6) is -0.567. The summed E-state index contributed by atoms with van der Waals surface area (Å²) in [6, 6.07) is 12.4. The summed E-state index contributed by atoms with van der Waals surface area (Å²) in [5.41, 5.74) is 2.35. The molecule has 3 amide bonds. The molecule has 0 saturated carbocycles. The van der Waals surface area contributed by atoms with E-state index in [0.29, 0.717) is 41.8 Å². The van der Waals surface area contributed by atoms with Crippen molar-refractivity contribution in [1.82, 2.24) is 9.80 Å². The van der Waals surface area contributed by atoms with Crippen molar-refractivity contribution >= 4 is 52.2 Å². The number of nitrogens with one attached hydrogen (secondary N) is 1. The number of ether oxygens (including phenoxy) is 1. The van der Waals surface area contributed by atoms with Crippen LogP contribution in [0, 0.1) is 12.7 Å². The highest BCUT2D eigenvalue weighted by Gasteiger charge is 2.23. The van der Waals surface area contributed by atoms with Gasteiger partial charge in [0.25, 0.3) is 0 Å². The van der Waals surface area contributed by atoms with E-state index in [0.717, 1.165) is 16.0 Å². The molecule has 1 aromatic heterocycles. The summed E-state index contributed by atoms with van der Waals surface area (Å²) in [6.45, 7) is 3.29. The summed E-state index contributed by atoms with van der Waals surface area (Å²) in [6.07, 6.45) is 0.556. The number of hydrogen-bond acceptors (Lipinski definition) is 4. The molecule has 192 valence electrons. The lowest BCUT2D eigenvalue weighted by Gasteiger charge is -2.28. The number of hydrogen-bond donors (Lipinski definition) is 1. The van der Waals surface area contributed by atoms with Crippen LogP contribution in [-0.2, 0) is 22.6 Å². The molecule has 6 nitrogen and oxygen atoms in total. The number of halogens is 3. The lowest BCUT2D eigenvalue weighted by Crippen LogP contribution is -2.44. The second-order valence-electron chi connectivity index (χ2n) is 8.23. The van der Waals surface area contributed by atoms with Crippen LogP contribution < -0.4 is 5.32 Å². The van der Waals surface area contributed by atoms with Crippen LogP contribution in [0.4, 0.5) is 14.9 Å². The minimum Gasteiger partial charge on any atom is -0.385 e. The quantitative estimate of drug-likeness (QED) is 0.273. The van der Waals surface area contributed by atoms with Gasteiger partial charge in [0.2, 0.25) is 5.91 Å². The second-order valence-corrected chi connectivity index (χ2v) is 10.0. The van der Waals surface area contributed by atoms with Crippen molar-refractivity contribution in [2.24, 2.45) is 0 Å². The topological polar surface area (TPSA) is 61.9 Å². The van der Waals surface area contributed by atoms with Gasteiger partial charge in [0, 0.05) is 37.4 Å². The highest BCUT2D eigenvalue weighted by atomic mass is 35.5. The number of rotatable bonds is 11. The van der Waals surface area contributed by atoms with Crippen LogP contribution in [-0.4, -0.2) is 48.5 Å². The Hall–Kier alpha value is -2.65. The summed E-state index contributed by atoms with van der Waals surface area (Å²) >= 11 is 13.6. The second kappa shape index (κ2) is 13.6. The van der Waals surface area contributed by atoms with Gasteiger partial charge in [0.1, 0.15) is 12.4 Å². The monoisotopic (exact) mass is 551 g/mol. The minimum atomic E-state index is -0.438. The molecule has 0 saturated heterocycles. The molecule has 1 N–H and O–H groups in total. The van der Waals surface area contributed by atoms with Gasteiger partial charge in [0.05, 0.1) is 16.6 Å². The Balaban J connectivity index is 1.78. The molecule has 0 aliphatic rings.